The Morgan fingerprint density at radius 3 is 1.97 bits per heavy atom. The van der Waals surface area contributed by atoms with Gasteiger partial charge in [0.05, 0.1) is 25.1 Å². The van der Waals surface area contributed by atoms with Gasteiger partial charge in [-0.15, -0.1) is 0 Å². The van der Waals surface area contributed by atoms with Crippen molar-refractivity contribution in [2.24, 2.45) is 0 Å². The number of nitrogens with zero attached hydrogens (tertiary/aromatic N) is 1. The number of aryl methyl sites for hydroxylation is 3. The van der Waals surface area contributed by atoms with Crippen LogP contribution in [-0.2, 0) is 14.8 Å². The van der Waals surface area contributed by atoms with E-state index in [0.717, 1.165) is 39.8 Å². The van der Waals surface area contributed by atoms with Crippen molar-refractivity contribution in [2.75, 3.05) is 17.7 Å². The number of methoxy groups -OCH3 is 1. The van der Waals surface area contributed by atoms with E-state index in [2.05, 4.69) is 25.2 Å². The lowest BCUT2D eigenvalue weighted by molar-refractivity contribution is -0.122. The van der Waals surface area contributed by atoms with Gasteiger partial charge in [0.25, 0.3) is 0 Å². The van der Waals surface area contributed by atoms with Gasteiger partial charge >= 0.3 is 0 Å². The molecule has 6 nitrogen and oxygen atoms in total. The largest absolute Gasteiger partial charge is 0.496 e. The van der Waals surface area contributed by atoms with Gasteiger partial charge in [0, 0.05) is 0 Å². The minimum Gasteiger partial charge on any atom is -0.496 e. The molecule has 0 saturated carbocycles. The van der Waals surface area contributed by atoms with E-state index < -0.39 is 16.1 Å². The van der Waals surface area contributed by atoms with Crippen LogP contribution in [0, 0.1) is 20.8 Å². The average Bonchev–Trinajstić information content (AvgIpc) is 2.65. The van der Waals surface area contributed by atoms with E-state index in [4.69, 9.17) is 4.74 Å². The first-order chi connectivity index (χ1) is 14.8. The highest BCUT2D eigenvalue weighted by Gasteiger charge is 2.30. The molecule has 0 saturated heterocycles. The highest BCUT2D eigenvalue weighted by Crippen LogP contribution is 2.32. The van der Waals surface area contributed by atoms with Crippen LogP contribution < -0.4 is 14.4 Å². The second-order valence-electron chi connectivity index (χ2n) is 8.92. The van der Waals surface area contributed by atoms with Crippen molar-refractivity contribution in [2.45, 2.75) is 66.5 Å². The highest BCUT2D eigenvalue weighted by molar-refractivity contribution is 7.92. The molecule has 32 heavy (non-hydrogen) atoms. The third-order valence-electron chi connectivity index (χ3n) is 5.62. The Morgan fingerprint density at radius 1 is 0.938 bits per heavy atom. The fraction of sp³-hybridized carbons (Fsp3) is 0.480. The Labute approximate surface area is 193 Å². The molecule has 0 fully saturated rings. The second-order valence-corrected chi connectivity index (χ2v) is 10.8. The van der Waals surface area contributed by atoms with Gasteiger partial charge in [-0.2, -0.15) is 0 Å². The summed E-state index contributed by atoms with van der Waals surface area (Å²) in [5, 5.41) is 3.01. The molecule has 1 N–H and O–H groups in total. The van der Waals surface area contributed by atoms with E-state index in [1.165, 1.54) is 4.31 Å². The van der Waals surface area contributed by atoms with Gasteiger partial charge < -0.3 is 10.1 Å². The number of benzene rings is 2. The van der Waals surface area contributed by atoms with E-state index in [9.17, 15) is 13.2 Å². The van der Waals surface area contributed by atoms with Gasteiger partial charge in [-0.3, -0.25) is 9.10 Å². The van der Waals surface area contributed by atoms with E-state index in [0.29, 0.717) is 5.69 Å². The van der Waals surface area contributed by atoms with Crippen LogP contribution in [0.4, 0.5) is 5.69 Å². The lowest BCUT2D eigenvalue weighted by atomic mass is 9.93. The maximum Gasteiger partial charge on any atom is 0.244 e. The topological polar surface area (TPSA) is 75.7 Å². The zero-order valence-electron chi connectivity index (χ0n) is 20.6. The third-order valence-corrected chi connectivity index (χ3v) is 6.86. The van der Waals surface area contributed by atoms with E-state index in [-0.39, 0.29) is 17.9 Å². The fourth-order valence-electron chi connectivity index (χ4n) is 4.11. The van der Waals surface area contributed by atoms with Crippen LogP contribution in [0.1, 0.15) is 67.5 Å². The van der Waals surface area contributed by atoms with Crippen molar-refractivity contribution in [3.05, 3.63) is 58.1 Å². The molecule has 176 valence electrons. The zero-order valence-corrected chi connectivity index (χ0v) is 21.4. The Hall–Kier alpha value is -2.54. The van der Waals surface area contributed by atoms with Gasteiger partial charge in [-0.25, -0.2) is 8.42 Å². The van der Waals surface area contributed by atoms with Crippen molar-refractivity contribution in [3.63, 3.8) is 0 Å². The number of rotatable bonds is 8. The molecule has 0 aromatic heterocycles. The van der Waals surface area contributed by atoms with Crippen LogP contribution in [0.5, 0.6) is 5.75 Å². The Kier molecular flexibility index (Phi) is 7.99. The number of amides is 1. The molecule has 2 aromatic rings. The average molecular weight is 461 g/mol. The second kappa shape index (κ2) is 9.94. The zero-order chi connectivity index (χ0) is 24.4. The summed E-state index contributed by atoms with van der Waals surface area (Å²) in [6, 6.07) is 8.37. The summed E-state index contributed by atoms with van der Waals surface area (Å²) < 4.78 is 32.0. The third kappa shape index (κ3) is 5.82. The molecular weight excluding hydrogens is 424 g/mol. The summed E-state index contributed by atoms with van der Waals surface area (Å²) in [6.07, 6.45) is 1.13. The highest BCUT2D eigenvalue weighted by atomic mass is 32.2. The Balaban J connectivity index is 2.37. The molecule has 7 heteroatoms. The van der Waals surface area contributed by atoms with Gasteiger partial charge in [0.15, 0.2) is 0 Å². The molecule has 2 aromatic carbocycles. The van der Waals surface area contributed by atoms with Crippen molar-refractivity contribution < 1.29 is 17.9 Å². The lowest BCUT2D eigenvalue weighted by Gasteiger charge is -2.30. The summed E-state index contributed by atoms with van der Waals surface area (Å²) in [6.45, 7) is 13.5. The van der Waals surface area contributed by atoms with E-state index >= 15 is 0 Å². The number of hydrogen-bond donors (Lipinski definition) is 1. The quantitative estimate of drug-likeness (QED) is 0.615. The first-order valence-corrected chi connectivity index (χ1v) is 12.7. The number of sulfonamides is 1. The minimum absolute atomic E-state index is 0.261. The van der Waals surface area contributed by atoms with Gasteiger partial charge in [0.1, 0.15) is 11.8 Å². The first-order valence-electron chi connectivity index (χ1n) is 10.8. The van der Waals surface area contributed by atoms with Crippen molar-refractivity contribution in [1.82, 2.24) is 5.32 Å². The summed E-state index contributed by atoms with van der Waals surface area (Å²) in [5.41, 5.74) is 5.40. The van der Waals surface area contributed by atoms with Crippen LogP contribution in [0.25, 0.3) is 0 Å². The number of ether oxygens (including phenoxy) is 1. The van der Waals surface area contributed by atoms with E-state index in [1.807, 2.05) is 39.8 Å². The monoisotopic (exact) mass is 460 g/mol. The predicted octanol–water partition coefficient (Wildman–Crippen LogP) is 4.78. The number of nitrogens with one attached hydrogen (secondary N) is 1. The number of hydrogen-bond acceptors (Lipinski definition) is 4. The van der Waals surface area contributed by atoms with Crippen LogP contribution in [0.3, 0.4) is 0 Å². The number of carbonyl (C=O) groups is 1. The first kappa shape index (κ1) is 25.7. The summed E-state index contributed by atoms with van der Waals surface area (Å²) in [7, 11) is -2.02. The van der Waals surface area contributed by atoms with Crippen molar-refractivity contribution in [3.8, 4) is 5.75 Å². The summed E-state index contributed by atoms with van der Waals surface area (Å²) in [5.74, 6) is 0.728. The molecule has 0 spiro atoms. The Bertz CT molecular complexity index is 1070. The molecule has 0 aliphatic heterocycles. The number of anilines is 1. The summed E-state index contributed by atoms with van der Waals surface area (Å²) in [4.78, 5) is 13.2. The van der Waals surface area contributed by atoms with Gasteiger partial charge in [-0.1, -0.05) is 19.9 Å². The predicted molar refractivity (Wildman–Crippen MR) is 131 cm³/mol. The van der Waals surface area contributed by atoms with Crippen LogP contribution >= 0.6 is 0 Å². The molecular formula is C25H36N2O4S. The molecule has 0 aliphatic rings. The van der Waals surface area contributed by atoms with Crippen LogP contribution in [0.2, 0.25) is 0 Å². The molecule has 0 bridgehead atoms. The standard InChI is InChI=1S/C25H36N2O4S/c1-15(2)22-14-23(18(5)13-24(22)31-8)19(6)26-25(28)20(7)27(32(9,29)30)21-11-16(3)10-17(4)12-21/h10-15,19-20H,1-9H3,(H,26,28)/t19-,20-/m1/s1. The lowest BCUT2D eigenvalue weighted by Crippen LogP contribution is -2.48. The molecule has 2 rings (SSSR count). The van der Waals surface area contributed by atoms with Gasteiger partial charge in [-0.05, 0) is 92.6 Å². The number of carbonyl (C=O) groups excluding carboxylic acids is 1. The van der Waals surface area contributed by atoms with Crippen LogP contribution in [0.15, 0.2) is 30.3 Å². The minimum atomic E-state index is -3.68. The van der Waals surface area contributed by atoms with Crippen molar-refractivity contribution in [1.29, 1.82) is 0 Å². The molecule has 2 atom stereocenters. The van der Waals surface area contributed by atoms with Crippen LogP contribution in [-0.4, -0.2) is 33.7 Å². The smallest absolute Gasteiger partial charge is 0.244 e. The maximum absolute atomic E-state index is 13.2. The molecule has 0 aliphatic carbocycles. The van der Waals surface area contributed by atoms with Crippen molar-refractivity contribution >= 4 is 21.6 Å². The SMILES string of the molecule is COc1cc(C)c([C@@H](C)NC(=O)[C@@H](C)N(c2cc(C)cc(C)c2)S(C)(=O)=O)cc1C(C)C. The maximum atomic E-state index is 13.2. The molecule has 1 amide bonds. The van der Waals surface area contributed by atoms with Gasteiger partial charge in [0.2, 0.25) is 15.9 Å². The fourth-order valence-corrected chi connectivity index (χ4v) is 5.27. The Morgan fingerprint density at radius 2 is 1.50 bits per heavy atom. The normalized spacial score (nSPS) is 13.6. The summed E-state index contributed by atoms with van der Waals surface area (Å²) >= 11 is 0. The van der Waals surface area contributed by atoms with E-state index in [1.54, 1.807) is 26.2 Å². The molecule has 0 heterocycles. The molecule has 0 radical (unpaired) electrons. The molecule has 0 unspecified atom stereocenters.